The van der Waals surface area contributed by atoms with Gasteiger partial charge in [0.2, 0.25) is 0 Å². The van der Waals surface area contributed by atoms with Crippen LogP contribution in [0.3, 0.4) is 0 Å². The summed E-state index contributed by atoms with van der Waals surface area (Å²) in [6.45, 7) is 3.08. The van der Waals surface area contributed by atoms with Gasteiger partial charge in [-0.3, -0.25) is 0 Å². The first-order valence-electron chi connectivity index (χ1n) is 6.88. The van der Waals surface area contributed by atoms with Crippen molar-refractivity contribution in [2.24, 2.45) is 0 Å². The van der Waals surface area contributed by atoms with E-state index >= 15 is 0 Å². The molecule has 0 spiro atoms. The van der Waals surface area contributed by atoms with Gasteiger partial charge in [0.05, 0.1) is 19.3 Å². The summed E-state index contributed by atoms with van der Waals surface area (Å²) in [6, 6.07) is 17.1. The van der Waals surface area contributed by atoms with Gasteiger partial charge in [-0.05, 0) is 36.8 Å². The van der Waals surface area contributed by atoms with E-state index < -0.39 is 6.10 Å². The van der Waals surface area contributed by atoms with Gasteiger partial charge in [-0.2, -0.15) is 0 Å². The average molecular weight is 272 g/mol. The molecule has 2 aromatic carbocycles. The SMILES string of the molecule is CCOc1ccc(C(O)CCOc2ccccc2)cc1. The summed E-state index contributed by atoms with van der Waals surface area (Å²) >= 11 is 0. The third-order valence-electron chi connectivity index (χ3n) is 2.98. The molecule has 0 fully saturated rings. The molecule has 1 unspecified atom stereocenters. The Labute approximate surface area is 119 Å². The topological polar surface area (TPSA) is 38.7 Å². The van der Waals surface area contributed by atoms with Crippen molar-refractivity contribution in [1.82, 2.24) is 0 Å². The van der Waals surface area contributed by atoms with E-state index in [4.69, 9.17) is 9.47 Å². The van der Waals surface area contributed by atoms with Crippen molar-refractivity contribution in [3.63, 3.8) is 0 Å². The maximum Gasteiger partial charge on any atom is 0.119 e. The fourth-order valence-electron chi connectivity index (χ4n) is 1.92. The quantitative estimate of drug-likeness (QED) is 0.837. The fraction of sp³-hybridized carbons (Fsp3) is 0.294. The molecule has 0 saturated heterocycles. The highest BCUT2D eigenvalue weighted by atomic mass is 16.5. The maximum atomic E-state index is 10.1. The smallest absolute Gasteiger partial charge is 0.119 e. The van der Waals surface area contributed by atoms with Gasteiger partial charge in [-0.25, -0.2) is 0 Å². The van der Waals surface area contributed by atoms with Crippen molar-refractivity contribution in [3.05, 3.63) is 60.2 Å². The molecular formula is C17H20O3. The van der Waals surface area contributed by atoms with E-state index in [-0.39, 0.29) is 0 Å². The fourth-order valence-corrected chi connectivity index (χ4v) is 1.92. The highest BCUT2D eigenvalue weighted by Crippen LogP contribution is 2.20. The predicted molar refractivity (Wildman–Crippen MR) is 79.1 cm³/mol. The van der Waals surface area contributed by atoms with Crippen molar-refractivity contribution < 1.29 is 14.6 Å². The molecule has 1 atom stereocenters. The average Bonchev–Trinajstić information content (AvgIpc) is 2.49. The van der Waals surface area contributed by atoms with Crippen LogP contribution in [-0.2, 0) is 0 Å². The number of para-hydroxylation sites is 1. The molecule has 0 aliphatic carbocycles. The largest absolute Gasteiger partial charge is 0.494 e. The van der Waals surface area contributed by atoms with Crippen LogP contribution in [0.4, 0.5) is 0 Å². The summed E-state index contributed by atoms with van der Waals surface area (Å²) in [4.78, 5) is 0. The van der Waals surface area contributed by atoms with Crippen molar-refractivity contribution >= 4 is 0 Å². The monoisotopic (exact) mass is 272 g/mol. The Kier molecular flexibility index (Phi) is 5.44. The summed E-state index contributed by atoms with van der Waals surface area (Å²) in [5, 5.41) is 10.1. The van der Waals surface area contributed by atoms with Crippen LogP contribution in [0.2, 0.25) is 0 Å². The number of hydrogen-bond donors (Lipinski definition) is 1. The second-order valence-electron chi connectivity index (χ2n) is 4.47. The van der Waals surface area contributed by atoms with Gasteiger partial charge in [0.15, 0.2) is 0 Å². The first-order chi connectivity index (χ1) is 9.79. The van der Waals surface area contributed by atoms with Gasteiger partial charge in [-0.1, -0.05) is 30.3 Å². The number of benzene rings is 2. The molecule has 0 bridgehead atoms. The summed E-state index contributed by atoms with van der Waals surface area (Å²) in [7, 11) is 0. The van der Waals surface area contributed by atoms with Crippen LogP contribution in [0, 0.1) is 0 Å². The van der Waals surface area contributed by atoms with E-state index in [0.29, 0.717) is 19.6 Å². The van der Waals surface area contributed by atoms with Crippen LogP contribution in [0.25, 0.3) is 0 Å². The molecule has 0 aromatic heterocycles. The highest BCUT2D eigenvalue weighted by Gasteiger charge is 2.07. The molecular weight excluding hydrogens is 252 g/mol. The lowest BCUT2D eigenvalue weighted by molar-refractivity contribution is 0.140. The zero-order valence-electron chi connectivity index (χ0n) is 11.7. The number of ether oxygens (including phenoxy) is 2. The molecule has 3 nitrogen and oxygen atoms in total. The minimum atomic E-state index is -0.519. The van der Waals surface area contributed by atoms with Gasteiger partial charge in [0.25, 0.3) is 0 Å². The standard InChI is InChI=1S/C17H20O3/c1-2-19-16-10-8-14(9-11-16)17(18)12-13-20-15-6-4-3-5-7-15/h3-11,17-18H,2,12-13H2,1H3. The Morgan fingerprint density at radius 2 is 1.55 bits per heavy atom. The summed E-state index contributed by atoms with van der Waals surface area (Å²) in [6.07, 6.45) is 0.0393. The molecule has 0 aliphatic rings. The summed E-state index contributed by atoms with van der Waals surface area (Å²) < 4.78 is 10.9. The molecule has 0 heterocycles. The molecule has 0 saturated carbocycles. The Morgan fingerprint density at radius 3 is 2.20 bits per heavy atom. The van der Waals surface area contributed by atoms with Crippen LogP contribution in [-0.4, -0.2) is 18.3 Å². The Morgan fingerprint density at radius 1 is 0.900 bits per heavy atom. The van der Waals surface area contributed by atoms with Crippen molar-refractivity contribution in [1.29, 1.82) is 0 Å². The second kappa shape index (κ2) is 7.56. The van der Waals surface area contributed by atoms with E-state index in [1.807, 2.05) is 61.5 Å². The molecule has 1 N–H and O–H groups in total. The first kappa shape index (κ1) is 14.4. The first-order valence-corrected chi connectivity index (χ1v) is 6.88. The molecule has 3 heteroatoms. The Hall–Kier alpha value is -2.00. The lowest BCUT2D eigenvalue weighted by Crippen LogP contribution is -2.05. The third kappa shape index (κ3) is 4.28. The zero-order chi connectivity index (χ0) is 14.2. The van der Waals surface area contributed by atoms with Gasteiger partial charge < -0.3 is 14.6 Å². The summed E-state index contributed by atoms with van der Waals surface area (Å²) in [5.74, 6) is 1.65. The lowest BCUT2D eigenvalue weighted by atomic mass is 10.1. The molecule has 2 rings (SSSR count). The molecule has 20 heavy (non-hydrogen) atoms. The van der Waals surface area contributed by atoms with Gasteiger partial charge in [-0.15, -0.1) is 0 Å². The second-order valence-corrected chi connectivity index (χ2v) is 4.47. The van der Waals surface area contributed by atoms with Crippen molar-refractivity contribution in [2.75, 3.05) is 13.2 Å². The number of aliphatic hydroxyl groups excluding tert-OH is 1. The minimum Gasteiger partial charge on any atom is -0.494 e. The van der Waals surface area contributed by atoms with Crippen molar-refractivity contribution in [2.45, 2.75) is 19.4 Å². The number of aliphatic hydroxyl groups is 1. The molecule has 0 aliphatic heterocycles. The van der Waals surface area contributed by atoms with Crippen LogP contribution in [0.15, 0.2) is 54.6 Å². The number of rotatable bonds is 7. The Balaban J connectivity index is 1.80. The van der Waals surface area contributed by atoms with Crippen LogP contribution in [0.1, 0.15) is 25.0 Å². The van der Waals surface area contributed by atoms with Crippen molar-refractivity contribution in [3.8, 4) is 11.5 Å². The highest BCUT2D eigenvalue weighted by molar-refractivity contribution is 5.28. The number of hydrogen-bond acceptors (Lipinski definition) is 3. The normalized spacial score (nSPS) is 11.9. The van der Waals surface area contributed by atoms with Gasteiger partial charge >= 0.3 is 0 Å². The van der Waals surface area contributed by atoms with Crippen LogP contribution in [0.5, 0.6) is 11.5 Å². The van der Waals surface area contributed by atoms with E-state index in [1.165, 1.54) is 0 Å². The third-order valence-corrected chi connectivity index (χ3v) is 2.98. The zero-order valence-corrected chi connectivity index (χ0v) is 11.7. The van der Waals surface area contributed by atoms with Gasteiger partial charge in [0, 0.05) is 6.42 Å². The van der Waals surface area contributed by atoms with Crippen LogP contribution < -0.4 is 9.47 Å². The van der Waals surface area contributed by atoms with Crippen LogP contribution >= 0.6 is 0 Å². The lowest BCUT2D eigenvalue weighted by Gasteiger charge is -2.12. The molecule has 0 amide bonds. The van der Waals surface area contributed by atoms with E-state index in [0.717, 1.165) is 17.1 Å². The maximum absolute atomic E-state index is 10.1. The van der Waals surface area contributed by atoms with E-state index in [9.17, 15) is 5.11 Å². The molecule has 0 radical (unpaired) electrons. The van der Waals surface area contributed by atoms with Gasteiger partial charge in [0.1, 0.15) is 11.5 Å². The molecule has 2 aromatic rings. The predicted octanol–water partition coefficient (Wildman–Crippen LogP) is 3.59. The minimum absolute atomic E-state index is 0.485. The Bertz CT molecular complexity index is 493. The van der Waals surface area contributed by atoms with E-state index in [1.54, 1.807) is 0 Å². The molecule has 106 valence electrons. The van der Waals surface area contributed by atoms with E-state index in [2.05, 4.69) is 0 Å². The summed E-state index contributed by atoms with van der Waals surface area (Å²) in [5.41, 5.74) is 0.880.